The lowest BCUT2D eigenvalue weighted by Crippen LogP contribution is -2.36. The van der Waals surface area contributed by atoms with E-state index in [1.54, 1.807) is 4.90 Å². The molecule has 2 atom stereocenters. The Morgan fingerprint density at radius 2 is 1.85 bits per heavy atom. The third kappa shape index (κ3) is 3.50. The molecule has 2 aliphatic rings. The number of nitrogens with one attached hydrogen (secondary N) is 1. The minimum Gasteiger partial charge on any atom is -0.349 e. The van der Waals surface area contributed by atoms with E-state index in [9.17, 15) is 9.59 Å². The molecule has 0 aromatic heterocycles. The van der Waals surface area contributed by atoms with E-state index in [1.807, 2.05) is 36.4 Å². The van der Waals surface area contributed by atoms with Gasteiger partial charge in [-0.2, -0.15) is 0 Å². The maximum atomic E-state index is 12.8. The van der Waals surface area contributed by atoms with E-state index in [2.05, 4.69) is 23.5 Å². The quantitative estimate of drug-likeness (QED) is 0.922. The van der Waals surface area contributed by atoms with E-state index >= 15 is 0 Å². The van der Waals surface area contributed by atoms with Crippen molar-refractivity contribution in [1.82, 2.24) is 10.2 Å². The molecule has 0 saturated carbocycles. The molecule has 0 unspecified atom stereocenters. The van der Waals surface area contributed by atoms with Gasteiger partial charge < -0.3 is 10.2 Å². The summed E-state index contributed by atoms with van der Waals surface area (Å²) in [5.74, 6) is -0.172. The van der Waals surface area contributed by atoms with Gasteiger partial charge in [0.1, 0.15) is 0 Å². The second-order valence-corrected chi connectivity index (χ2v) is 7.31. The molecule has 134 valence electrons. The van der Waals surface area contributed by atoms with Crippen molar-refractivity contribution in [3.63, 3.8) is 0 Å². The Labute approximate surface area is 154 Å². The summed E-state index contributed by atoms with van der Waals surface area (Å²) in [6.07, 6.45) is 3.45. The Morgan fingerprint density at radius 1 is 1.08 bits per heavy atom. The summed E-state index contributed by atoms with van der Waals surface area (Å²) >= 11 is 0. The third-order valence-corrected chi connectivity index (χ3v) is 5.49. The fourth-order valence-corrected chi connectivity index (χ4v) is 4.10. The average Bonchev–Trinajstić information content (AvgIpc) is 3.03. The molecule has 2 amide bonds. The van der Waals surface area contributed by atoms with Crippen molar-refractivity contribution < 1.29 is 9.59 Å². The summed E-state index contributed by atoms with van der Waals surface area (Å²) in [5, 5.41) is 3.20. The van der Waals surface area contributed by atoms with Crippen molar-refractivity contribution >= 4 is 11.8 Å². The predicted molar refractivity (Wildman–Crippen MR) is 100 cm³/mol. The molecule has 1 fully saturated rings. The number of hydrogen-bond donors (Lipinski definition) is 1. The minimum absolute atomic E-state index is 0.00983. The number of fused-ring (bicyclic) bond motifs is 1. The lowest BCUT2D eigenvalue weighted by molar-refractivity contribution is -0.129. The van der Waals surface area contributed by atoms with Crippen LogP contribution in [-0.2, 0) is 22.6 Å². The molecule has 0 spiro atoms. The lowest BCUT2D eigenvalue weighted by Gasteiger charge is -2.27. The van der Waals surface area contributed by atoms with E-state index in [0.29, 0.717) is 19.5 Å². The van der Waals surface area contributed by atoms with Crippen LogP contribution in [0.3, 0.4) is 0 Å². The molecule has 1 aliphatic carbocycles. The molecule has 4 nitrogen and oxygen atoms in total. The fraction of sp³-hybridized carbons (Fsp3) is 0.364. The Balaban J connectivity index is 1.40. The molecule has 1 heterocycles. The van der Waals surface area contributed by atoms with Gasteiger partial charge in [-0.25, -0.2) is 0 Å². The molecule has 1 aliphatic heterocycles. The second kappa shape index (κ2) is 7.32. The first kappa shape index (κ1) is 16.8. The molecule has 26 heavy (non-hydrogen) atoms. The van der Waals surface area contributed by atoms with E-state index in [1.165, 1.54) is 11.1 Å². The van der Waals surface area contributed by atoms with Crippen LogP contribution < -0.4 is 5.32 Å². The number of nitrogens with zero attached hydrogens (tertiary/aromatic N) is 1. The van der Waals surface area contributed by atoms with Crippen LogP contribution in [-0.4, -0.2) is 23.3 Å². The number of rotatable bonds is 4. The van der Waals surface area contributed by atoms with E-state index in [4.69, 9.17) is 0 Å². The monoisotopic (exact) mass is 348 g/mol. The molecule has 4 rings (SSSR count). The van der Waals surface area contributed by atoms with Crippen molar-refractivity contribution in [2.75, 3.05) is 6.54 Å². The minimum atomic E-state index is -0.250. The SMILES string of the molecule is O=C(N[C@@H]1CCCc2ccccc21)[C@H]1CC(=O)N(Cc2ccccc2)C1. The van der Waals surface area contributed by atoms with Crippen molar-refractivity contribution in [1.29, 1.82) is 0 Å². The normalized spacial score (nSPS) is 22.2. The zero-order chi connectivity index (χ0) is 17.9. The van der Waals surface area contributed by atoms with E-state index in [-0.39, 0.29) is 23.8 Å². The van der Waals surface area contributed by atoms with Crippen LogP contribution in [0.25, 0.3) is 0 Å². The first-order valence-corrected chi connectivity index (χ1v) is 9.40. The van der Waals surface area contributed by atoms with Crippen LogP contribution >= 0.6 is 0 Å². The van der Waals surface area contributed by atoms with E-state index in [0.717, 1.165) is 24.8 Å². The molecule has 1 saturated heterocycles. The van der Waals surface area contributed by atoms with Gasteiger partial charge in [-0.05, 0) is 36.0 Å². The molecule has 0 radical (unpaired) electrons. The van der Waals surface area contributed by atoms with Crippen LogP contribution in [0.15, 0.2) is 54.6 Å². The predicted octanol–water partition coefficient (Wildman–Crippen LogP) is 3.23. The van der Waals surface area contributed by atoms with Gasteiger partial charge in [-0.3, -0.25) is 9.59 Å². The van der Waals surface area contributed by atoms with Crippen molar-refractivity contribution in [3.05, 3.63) is 71.3 Å². The van der Waals surface area contributed by atoms with Gasteiger partial charge in [-0.1, -0.05) is 54.6 Å². The molecule has 0 bridgehead atoms. The molecule has 4 heteroatoms. The average molecular weight is 348 g/mol. The van der Waals surface area contributed by atoms with Gasteiger partial charge in [0.05, 0.1) is 12.0 Å². The topological polar surface area (TPSA) is 49.4 Å². The third-order valence-electron chi connectivity index (χ3n) is 5.49. The summed E-state index contributed by atoms with van der Waals surface area (Å²) in [6.45, 7) is 1.09. The summed E-state index contributed by atoms with van der Waals surface area (Å²) in [7, 11) is 0. The molecule has 2 aromatic rings. The van der Waals surface area contributed by atoms with Crippen LogP contribution in [0.1, 0.15) is 42.0 Å². The van der Waals surface area contributed by atoms with Crippen molar-refractivity contribution in [2.24, 2.45) is 5.92 Å². The Kier molecular flexibility index (Phi) is 4.74. The highest BCUT2D eigenvalue weighted by Crippen LogP contribution is 2.30. The number of benzene rings is 2. The highest BCUT2D eigenvalue weighted by Gasteiger charge is 2.35. The molecule has 1 N–H and O–H groups in total. The first-order valence-electron chi connectivity index (χ1n) is 9.40. The number of aryl methyl sites for hydroxylation is 1. The number of carbonyl (C=O) groups is 2. The molecule has 2 aromatic carbocycles. The van der Waals surface area contributed by atoms with Gasteiger partial charge in [0.2, 0.25) is 11.8 Å². The first-order chi connectivity index (χ1) is 12.7. The van der Waals surface area contributed by atoms with Gasteiger partial charge in [0.15, 0.2) is 0 Å². The lowest BCUT2D eigenvalue weighted by atomic mass is 9.87. The Bertz CT molecular complexity index is 803. The van der Waals surface area contributed by atoms with Crippen molar-refractivity contribution in [3.8, 4) is 0 Å². The van der Waals surface area contributed by atoms with Crippen LogP contribution in [0.5, 0.6) is 0 Å². The van der Waals surface area contributed by atoms with Crippen LogP contribution in [0.2, 0.25) is 0 Å². The number of likely N-dealkylation sites (tertiary alicyclic amines) is 1. The zero-order valence-corrected chi connectivity index (χ0v) is 14.9. The highest BCUT2D eigenvalue weighted by atomic mass is 16.2. The van der Waals surface area contributed by atoms with Gasteiger partial charge in [0, 0.05) is 19.5 Å². The Hall–Kier alpha value is -2.62. The fourth-order valence-electron chi connectivity index (χ4n) is 4.10. The largest absolute Gasteiger partial charge is 0.349 e. The number of amides is 2. The maximum Gasteiger partial charge on any atom is 0.225 e. The van der Waals surface area contributed by atoms with E-state index < -0.39 is 0 Å². The number of carbonyl (C=O) groups excluding carboxylic acids is 2. The van der Waals surface area contributed by atoms with Gasteiger partial charge >= 0.3 is 0 Å². The molecular weight excluding hydrogens is 324 g/mol. The summed E-state index contributed by atoms with van der Waals surface area (Å²) in [4.78, 5) is 26.9. The molecular formula is C22H24N2O2. The maximum absolute atomic E-state index is 12.8. The standard InChI is InChI=1S/C22H24N2O2/c25-21-13-18(15-24(21)14-16-7-2-1-3-8-16)22(26)23-20-12-6-10-17-9-4-5-11-19(17)20/h1-5,7-9,11,18,20H,6,10,12-15H2,(H,23,26)/t18-,20+/m0/s1. The number of hydrogen-bond acceptors (Lipinski definition) is 2. The summed E-state index contributed by atoms with van der Waals surface area (Å²) in [6, 6.07) is 18.4. The van der Waals surface area contributed by atoms with Crippen LogP contribution in [0, 0.1) is 5.92 Å². The summed E-state index contributed by atoms with van der Waals surface area (Å²) < 4.78 is 0. The van der Waals surface area contributed by atoms with Gasteiger partial charge in [0.25, 0.3) is 0 Å². The Morgan fingerprint density at radius 3 is 2.69 bits per heavy atom. The second-order valence-electron chi connectivity index (χ2n) is 7.31. The zero-order valence-electron chi connectivity index (χ0n) is 14.9. The van der Waals surface area contributed by atoms with Crippen LogP contribution in [0.4, 0.5) is 0 Å². The van der Waals surface area contributed by atoms with Crippen molar-refractivity contribution in [2.45, 2.75) is 38.3 Å². The summed E-state index contributed by atoms with van der Waals surface area (Å²) in [5.41, 5.74) is 3.66. The smallest absolute Gasteiger partial charge is 0.225 e. The highest BCUT2D eigenvalue weighted by molar-refractivity contribution is 5.89. The van der Waals surface area contributed by atoms with Gasteiger partial charge in [-0.15, -0.1) is 0 Å².